The van der Waals surface area contributed by atoms with Crippen LogP contribution in [0.25, 0.3) is 0 Å². The summed E-state index contributed by atoms with van der Waals surface area (Å²) < 4.78 is 0. The first-order valence-electron chi connectivity index (χ1n) is 7.02. The van der Waals surface area contributed by atoms with E-state index in [1.807, 2.05) is 26.8 Å². The van der Waals surface area contributed by atoms with Gasteiger partial charge in [0.05, 0.1) is 5.92 Å². The maximum Gasteiger partial charge on any atom is 0.312 e. The number of carbonyl (C=O) groups excluding carboxylic acids is 1. The van der Waals surface area contributed by atoms with Gasteiger partial charge in [-0.1, -0.05) is 57.5 Å². The van der Waals surface area contributed by atoms with Gasteiger partial charge in [-0.3, -0.25) is 9.59 Å². The zero-order valence-electron chi connectivity index (χ0n) is 12.3. The molecule has 0 saturated carbocycles. The number of hydrogen-bond acceptors (Lipinski definition) is 2. The number of nitrogens with one attached hydrogen (secondary N) is 1. The molecule has 0 aliphatic carbocycles. The summed E-state index contributed by atoms with van der Waals surface area (Å²) in [5.74, 6) is -1.53. The Bertz CT molecular complexity index is 444. The number of carboxylic acid groups (broad SMARTS) is 1. The van der Waals surface area contributed by atoms with Crippen LogP contribution in [0.2, 0.25) is 0 Å². The normalized spacial score (nSPS) is 15.2. The molecule has 4 heteroatoms. The predicted octanol–water partition coefficient (Wildman–Crippen LogP) is 2.65. The molecule has 3 atom stereocenters. The standard InChI is InChI=1S/C16H23NO3/c1-4-11(2)12(3)15(18)17-10-14(16(19)20)13-8-6-5-7-9-13/h5-9,11-12,14H,4,10H2,1-3H3,(H,17,18)(H,19,20). The second-order valence-corrected chi connectivity index (χ2v) is 5.22. The van der Waals surface area contributed by atoms with Crippen molar-refractivity contribution in [2.24, 2.45) is 11.8 Å². The fraction of sp³-hybridized carbons (Fsp3) is 0.500. The molecule has 1 aromatic rings. The number of aliphatic carboxylic acids is 1. The van der Waals surface area contributed by atoms with Gasteiger partial charge in [0, 0.05) is 12.5 Å². The molecule has 1 rings (SSSR count). The Morgan fingerprint density at radius 2 is 1.80 bits per heavy atom. The lowest BCUT2D eigenvalue weighted by Gasteiger charge is -2.20. The lowest BCUT2D eigenvalue weighted by Crippen LogP contribution is -2.36. The Kier molecular flexibility index (Phi) is 6.22. The minimum Gasteiger partial charge on any atom is -0.481 e. The van der Waals surface area contributed by atoms with Crippen LogP contribution >= 0.6 is 0 Å². The van der Waals surface area contributed by atoms with Gasteiger partial charge in [-0.25, -0.2) is 0 Å². The smallest absolute Gasteiger partial charge is 0.312 e. The van der Waals surface area contributed by atoms with Crippen molar-refractivity contribution in [3.63, 3.8) is 0 Å². The first kappa shape index (κ1) is 16.2. The zero-order valence-corrected chi connectivity index (χ0v) is 12.3. The number of amides is 1. The topological polar surface area (TPSA) is 66.4 Å². The van der Waals surface area contributed by atoms with Gasteiger partial charge in [-0.05, 0) is 11.5 Å². The fourth-order valence-corrected chi connectivity index (χ4v) is 2.01. The molecule has 4 nitrogen and oxygen atoms in total. The monoisotopic (exact) mass is 277 g/mol. The summed E-state index contributed by atoms with van der Waals surface area (Å²) in [7, 11) is 0. The van der Waals surface area contributed by atoms with Crippen molar-refractivity contribution in [3.8, 4) is 0 Å². The molecular formula is C16H23NO3. The van der Waals surface area contributed by atoms with Crippen LogP contribution in [0.5, 0.6) is 0 Å². The second kappa shape index (κ2) is 7.68. The average Bonchev–Trinajstić information content (AvgIpc) is 2.46. The van der Waals surface area contributed by atoms with E-state index in [0.717, 1.165) is 6.42 Å². The van der Waals surface area contributed by atoms with Gasteiger partial charge < -0.3 is 10.4 Å². The van der Waals surface area contributed by atoms with E-state index < -0.39 is 11.9 Å². The summed E-state index contributed by atoms with van der Waals surface area (Å²) in [6, 6.07) is 8.97. The summed E-state index contributed by atoms with van der Waals surface area (Å²) in [5.41, 5.74) is 0.705. The maximum atomic E-state index is 12.0. The van der Waals surface area contributed by atoms with Crippen molar-refractivity contribution >= 4 is 11.9 Å². The van der Waals surface area contributed by atoms with Crippen molar-refractivity contribution in [2.75, 3.05) is 6.54 Å². The first-order valence-corrected chi connectivity index (χ1v) is 7.02. The van der Waals surface area contributed by atoms with Gasteiger partial charge in [0.25, 0.3) is 0 Å². The number of carboxylic acids is 1. The van der Waals surface area contributed by atoms with E-state index in [0.29, 0.717) is 5.56 Å². The average molecular weight is 277 g/mol. The quantitative estimate of drug-likeness (QED) is 0.805. The molecule has 0 aliphatic rings. The van der Waals surface area contributed by atoms with Gasteiger partial charge in [0.1, 0.15) is 0 Å². The number of hydrogen-bond donors (Lipinski definition) is 2. The largest absolute Gasteiger partial charge is 0.481 e. The fourth-order valence-electron chi connectivity index (χ4n) is 2.01. The molecule has 1 amide bonds. The SMILES string of the molecule is CCC(C)C(C)C(=O)NCC(C(=O)O)c1ccccc1. The van der Waals surface area contributed by atoms with Crippen molar-refractivity contribution < 1.29 is 14.7 Å². The van der Waals surface area contributed by atoms with Gasteiger partial charge >= 0.3 is 5.97 Å². The molecule has 0 radical (unpaired) electrons. The van der Waals surface area contributed by atoms with Crippen LogP contribution in [-0.4, -0.2) is 23.5 Å². The van der Waals surface area contributed by atoms with Crippen LogP contribution in [-0.2, 0) is 9.59 Å². The van der Waals surface area contributed by atoms with E-state index >= 15 is 0 Å². The van der Waals surface area contributed by atoms with E-state index in [1.165, 1.54) is 0 Å². The first-order chi connectivity index (χ1) is 9.47. The molecule has 110 valence electrons. The lowest BCUT2D eigenvalue weighted by molar-refractivity contribution is -0.138. The van der Waals surface area contributed by atoms with Crippen LogP contribution in [0, 0.1) is 11.8 Å². The number of carbonyl (C=O) groups is 2. The van der Waals surface area contributed by atoms with Crippen LogP contribution in [0.15, 0.2) is 30.3 Å². The van der Waals surface area contributed by atoms with Gasteiger partial charge in [0.15, 0.2) is 0 Å². The number of benzene rings is 1. The molecule has 0 spiro atoms. The molecule has 0 saturated heterocycles. The predicted molar refractivity (Wildman–Crippen MR) is 78.4 cm³/mol. The summed E-state index contributed by atoms with van der Waals surface area (Å²) in [6.07, 6.45) is 0.926. The molecule has 0 fully saturated rings. The van der Waals surface area contributed by atoms with Crippen molar-refractivity contribution in [1.82, 2.24) is 5.32 Å². The van der Waals surface area contributed by atoms with Crippen LogP contribution in [0.4, 0.5) is 0 Å². The lowest BCUT2D eigenvalue weighted by atomic mass is 9.92. The third-order valence-electron chi connectivity index (χ3n) is 3.89. The minimum absolute atomic E-state index is 0.0819. The molecule has 2 N–H and O–H groups in total. The zero-order chi connectivity index (χ0) is 15.1. The summed E-state index contributed by atoms with van der Waals surface area (Å²) in [4.78, 5) is 23.3. The van der Waals surface area contributed by atoms with Gasteiger partial charge in [-0.2, -0.15) is 0 Å². The molecule has 0 heterocycles. The molecular weight excluding hydrogens is 254 g/mol. The Balaban J connectivity index is 2.65. The summed E-state index contributed by atoms with van der Waals surface area (Å²) in [5, 5.41) is 12.0. The Hall–Kier alpha value is -1.84. The van der Waals surface area contributed by atoms with E-state index in [4.69, 9.17) is 0 Å². The van der Waals surface area contributed by atoms with Crippen LogP contribution < -0.4 is 5.32 Å². The van der Waals surface area contributed by atoms with Crippen LogP contribution in [0.1, 0.15) is 38.7 Å². The van der Waals surface area contributed by atoms with Crippen LogP contribution in [0.3, 0.4) is 0 Å². The Morgan fingerprint density at radius 1 is 1.20 bits per heavy atom. The highest BCUT2D eigenvalue weighted by Gasteiger charge is 2.23. The second-order valence-electron chi connectivity index (χ2n) is 5.22. The molecule has 0 bridgehead atoms. The third kappa shape index (κ3) is 4.37. The van der Waals surface area contributed by atoms with Gasteiger partial charge in [-0.15, -0.1) is 0 Å². The Morgan fingerprint density at radius 3 is 2.30 bits per heavy atom. The molecule has 20 heavy (non-hydrogen) atoms. The summed E-state index contributed by atoms with van der Waals surface area (Å²) in [6.45, 7) is 6.06. The van der Waals surface area contributed by atoms with Crippen molar-refractivity contribution in [3.05, 3.63) is 35.9 Å². The third-order valence-corrected chi connectivity index (χ3v) is 3.89. The summed E-state index contributed by atoms with van der Waals surface area (Å²) >= 11 is 0. The highest BCUT2D eigenvalue weighted by Crippen LogP contribution is 2.17. The molecule has 0 aromatic heterocycles. The Labute approximate surface area is 120 Å². The van der Waals surface area contributed by atoms with Crippen molar-refractivity contribution in [1.29, 1.82) is 0 Å². The van der Waals surface area contributed by atoms with Crippen molar-refractivity contribution in [2.45, 2.75) is 33.1 Å². The minimum atomic E-state index is -0.923. The maximum absolute atomic E-state index is 12.0. The molecule has 3 unspecified atom stereocenters. The number of rotatable bonds is 7. The molecule has 1 aromatic carbocycles. The molecule has 0 aliphatic heterocycles. The van der Waals surface area contributed by atoms with E-state index in [2.05, 4.69) is 5.32 Å². The highest BCUT2D eigenvalue weighted by atomic mass is 16.4. The van der Waals surface area contributed by atoms with E-state index in [9.17, 15) is 14.7 Å². The van der Waals surface area contributed by atoms with E-state index in [1.54, 1.807) is 24.3 Å². The van der Waals surface area contributed by atoms with Gasteiger partial charge in [0.2, 0.25) is 5.91 Å². The highest BCUT2D eigenvalue weighted by molar-refractivity contribution is 5.81. The van der Waals surface area contributed by atoms with E-state index in [-0.39, 0.29) is 24.3 Å².